The average Bonchev–Trinajstić information content (AvgIpc) is 2.40. The Morgan fingerprint density at radius 1 is 1.12 bits per heavy atom. The summed E-state index contributed by atoms with van der Waals surface area (Å²) in [4.78, 5) is 4.35. The lowest BCUT2D eigenvalue weighted by atomic mass is 9.96. The van der Waals surface area contributed by atoms with Crippen LogP contribution in [0.25, 0.3) is 0 Å². The summed E-state index contributed by atoms with van der Waals surface area (Å²) in [5.41, 5.74) is 2.45. The van der Waals surface area contributed by atoms with Crippen molar-refractivity contribution in [3.8, 4) is 5.75 Å². The van der Waals surface area contributed by atoms with Gasteiger partial charge in [0.05, 0.1) is 7.11 Å². The molecular weight excluding hydrogens is 210 g/mol. The summed E-state index contributed by atoms with van der Waals surface area (Å²) < 4.78 is 5.15. The van der Waals surface area contributed by atoms with E-state index in [4.69, 9.17) is 4.74 Å². The second-order valence-electron chi connectivity index (χ2n) is 4.20. The zero-order valence-corrected chi connectivity index (χ0v) is 10.3. The van der Waals surface area contributed by atoms with Crippen molar-refractivity contribution in [2.45, 2.75) is 19.3 Å². The Balaban J connectivity index is 2.06. The van der Waals surface area contributed by atoms with Crippen molar-refractivity contribution >= 4 is 0 Å². The smallest absolute Gasteiger partial charge is 0.118 e. The molecule has 2 nitrogen and oxygen atoms in total. The summed E-state index contributed by atoms with van der Waals surface area (Å²) in [6.07, 6.45) is 2.81. The molecule has 0 aliphatic carbocycles. The van der Waals surface area contributed by atoms with Crippen molar-refractivity contribution in [2.75, 3.05) is 7.11 Å². The molecule has 0 bridgehead atoms. The van der Waals surface area contributed by atoms with Crippen molar-refractivity contribution in [3.63, 3.8) is 0 Å². The third-order valence-electron chi connectivity index (χ3n) is 2.93. The SMILES string of the molecule is COc1ccc([C@@H](C)Cc2ccccn2)cc1. The van der Waals surface area contributed by atoms with E-state index < -0.39 is 0 Å². The van der Waals surface area contributed by atoms with Crippen LogP contribution < -0.4 is 4.74 Å². The fourth-order valence-corrected chi connectivity index (χ4v) is 1.88. The van der Waals surface area contributed by atoms with E-state index >= 15 is 0 Å². The van der Waals surface area contributed by atoms with Crippen LogP contribution >= 0.6 is 0 Å². The van der Waals surface area contributed by atoms with Gasteiger partial charge in [-0.3, -0.25) is 4.98 Å². The highest BCUT2D eigenvalue weighted by Crippen LogP contribution is 2.21. The lowest BCUT2D eigenvalue weighted by Gasteiger charge is -2.11. The van der Waals surface area contributed by atoms with E-state index in [9.17, 15) is 0 Å². The lowest BCUT2D eigenvalue weighted by Crippen LogP contribution is -2.00. The number of pyridine rings is 1. The summed E-state index contributed by atoms with van der Waals surface area (Å²) >= 11 is 0. The van der Waals surface area contributed by atoms with E-state index in [2.05, 4.69) is 30.1 Å². The number of nitrogens with zero attached hydrogens (tertiary/aromatic N) is 1. The van der Waals surface area contributed by atoms with Gasteiger partial charge >= 0.3 is 0 Å². The number of hydrogen-bond donors (Lipinski definition) is 0. The third kappa shape index (κ3) is 3.06. The Morgan fingerprint density at radius 3 is 2.47 bits per heavy atom. The average molecular weight is 227 g/mol. The maximum Gasteiger partial charge on any atom is 0.118 e. The highest BCUT2D eigenvalue weighted by atomic mass is 16.5. The van der Waals surface area contributed by atoms with Gasteiger partial charge in [0, 0.05) is 11.9 Å². The summed E-state index contributed by atoms with van der Waals surface area (Å²) in [6, 6.07) is 14.3. The van der Waals surface area contributed by atoms with Crippen molar-refractivity contribution in [1.82, 2.24) is 4.98 Å². The van der Waals surface area contributed by atoms with Gasteiger partial charge < -0.3 is 4.74 Å². The normalized spacial score (nSPS) is 12.1. The predicted octanol–water partition coefficient (Wildman–Crippen LogP) is 3.44. The van der Waals surface area contributed by atoms with Crippen LogP contribution in [-0.2, 0) is 6.42 Å². The van der Waals surface area contributed by atoms with E-state index in [0.717, 1.165) is 17.9 Å². The first-order valence-electron chi connectivity index (χ1n) is 5.83. The molecule has 0 radical (unpaired) electrons. The fourth-order valence-electron chi connectivity index (χ4n) is 1.88. The summed E-state index contributed by atoms with van der Waals surface area (Å²) in [7, 11) is 1.69. The van der Waals surface area contributed by atoms with Crippen molar-refractivity contribution < 1.29 is 4.74 Å². The van der Waals surface area contributed by atoms with Gasteiger partial charge in [0.1, 0.15) is 5.75 Å². The molecule has 0 saturated heterocycles. The third-order valence-corrected chi connectivity index (χ3v) is 2.93. The van der Waals surface area contributed by atoms with Crippen LogP contribution in [0.5, 0.6) is 5.75 Å². The summed E-state index contributed by atoms with van der Waals surface area (Å²) in [5, 5.41) is 0. The number of aromatic nitrogens is 1. The van der Waals surface area contributed by atoms with Crippen LogP contribution in [0.3, 0.4) is 0 Å². The molecule has 0 spiro atoms. The first-order chi connectivity index (χ1) is 8.29. The Morgan fingerprint density at radius 2 is 1.88 bits per heavy atom. The van der Waals surface area contributed by atoms with Gasteiger partial charge in [0.15, 0.2) is 0 Å². The molecule has 88 valence electrons. The molecule has 1 heterocycles. The highest BCUT2D eigenvalue weighted by molar-refractivity contribution is 5.29. The first-order valence-corrected chi connectivity index (χ1v) is 5.83. The second-order valence-corrected chi connectivity index (χ2v) is 4.20. The lowest BCUT2D eigenvalue weighted by molar-refractivity contribution is 0.414. The van der Waals surface area contributed by atoms with E-state index in [0.29, 0.717) is 5.92 Å². The molecule has 1 atom stereocenters. The van der Waals surface area contributed by atoms with E-state index in [1.165, 1.54) is 5.56 Å². The van der Waals surface area contributed by atoms with Gasteiger partial charge in [0.25, 0.3) is 0 Å². The molecular formula is C15H17NO. The zero-order chi connectivity index (χ0) is 12.1. The van der Waals surface area contributed by atoms with Gasteiger partial charge in [-0.15, -0.1) is 0 Å². The van der Waals surface area contributed by atoms with Crippen LogP contribution in [0.2, 0.25) is 0 Å². The number of hydrogen-bond acceptors (Lipinski definition) is 2. The van der Waals surface area contributed by atoms with Gasteiger partial charge in [-0.05, 0) is 42.2 Å². The molecule has 17 heavy (non-hydrogen) atoms. The molecule has 0 amide bonds. The zero-order valence-electron chi connectivity index (χ0n) is 10.3. The minimum Gasteiger partial charge on any atom is -0.497 e. The molecule has 0 aliphatic rings. The monoisotopic (exact) mass is 227 g/mol. The summed E-state index contributed by atoms with van der Waals surface area (Å²) in [6.45, 7) is 2.22. The van der Waals surface area contributed by atoms with Gasteiger partial charge in [-0.2, -0.15) is 0 Å². The Kier molecular flexibility index (Phi) is 3.76. The number of methoxy groups -OCH3 is 1. The minimum atomic E-state index is 0.468. The van der Waals surface area contributed by atoms with Crippen molar-refractivity contribution in [1.29, 1.82) is 0 Å². The van der Waals surface area contributed by atoms with Crippen LogP contribution in [0, 0.1) is 0 Å². The Bertz CT molecular complexity index is 450. The molecule has 1 aromatic carbocycles. The molecule has 0 saturated carbocycles. The van der Waals surface area contributed by atoms with Gasteiger partial charge in [-0.1, -0.05) is 25.1 Å². The van der Waals surface area contributed by atoms with Gasteiger partial charge in [-0.25, -0.2) is 0 Å². The standard InChI is InChI=1S/C15H17NO/c1-12(11-14-5-3-4-10-16-14)13-6-8-15(17-2)9-7-13/h3-10,12H,11H2,1-2H3/t12-/m0/s1. The Labute approximate surface area is 102 Å². The molecule has 0 unspecified atom stereocenters. The van der Waals surface area contributed by atoms with Gasteiger partial charge in [0.2, 0.25) is 0 Å². The number of benzene rings is 1. The van der Waals surface area contributed by atoms with Crippen LogP contribution in [-0.4, -0.2) is 12.1 Å². The van der Waals surface area contributed by atoms with E-state index in [1.807, 2.05) is 30.5 Å². The molecule has 1 aromatic heterocycles. The summed E-state index contributed by atoms with van der Waals surface area (Å²) in [5.74, 6) is 1.37. The molecule has 2 heteroatoms. The molecule has 0 fully saturated rings. The largest absolute Gasteiger partial charge is 0.497 e. The van der Waals surface area contributed by atoms with Crippen LogP contribution in [0.15, 0.2) is 48.7 Å². The number of rotatable bonds is 4. The Hall–Kier alpha value is -1.83. The number of ether oxygens (including phenoxy) is 1. The van der Waals surface area contributed by atoms with Crippen LogP contribution in [0.1, 0.15) is 24.1 Å². The maximum atomic E-state index is 5.15. The van der Waals surface area contributed by atoms with Crippen LogP contribution in [0.4, 0.5) is 0 Å². The molecule has 0 aliphatic heterocycles. The first kappa shape index (κ1) is 11.6. The highest BCUT2D eigenvalue weighted by Gasteiger charge is 2.07. The van der Waals surface area contributed by atoms with E-state index in [1.54, 1.807) is 7.11 Å². The molecule has 0 N–H and O–H groups in total. The maximum absolute atomic E-state index is 5.15. The fraction of sp³-hybridized carbons (Fsp3) is 0.267. The molecule has 2 aromatic rings. The topological polar surface area (TPSA) is 22.1 Å². The van der Waals surface area contributed by atoms with E-state index in [-0.39, 0.29) is 0 Å². The predicted molar refractivity (Wildman–Crippen MR) is 69.4 cm³/mol. The van der Waals surface area contributed by atoms with Crippen molar-refractivity contribution in [2.24, 2.45) is 0 Å². The minimum absolute atomic E-state index is 0.468. The quantitative estimate of drug-likeness (QED) is 0.798. The van der Waals surface area contributed by atoms with Crippen molar-refractivity contribution in [3.05, 3.63) is 59.9 Å². The molecule has 2 rings (SSSR count). The second kappa shape index (κ2) is 5.48.